The summed E-state index contributed by atoms with van der Waals surface area (Å²) >= 11 is 0. The topological polar surface area (TPSA) is 54.1 Å². The van der Waals surface area contributed by atoms with Crippen LogP contribution in [0.15, 0.2) is 42.5 Å². The number of ether oxygens (including phenoxy) is 1. The average Bonchev–Trinajstić information content (AvgIpc) is 2.86. The number of aromatic nitrogens is 1. The second-order valence-electron chi connectivity index (χ2n) is 5.23. The van der Waals surface area contributed by atoms with Gasteiger partial charge in [0.2, 0.25) is 0 Å². The van der Waals surface area contributed by atoms with Gasteiger partial charge in [-0.05, 0) is 61.9 Å². The zero-order valence-corrected chi connectivity index (χ0v) is 12.9. The zero-order valence-electron chi connectivity index (χ0n) is 12.9. The normalized spacial score (nSPS) is 10.7. The van der Waals surface area contributed by atoms with Gasteiger partial charge in [-0.15, -0.1) is 0 Å². The highest BCUT2D eigenvalue weighted by Crippen LogP contribution is 2.24. The highest BCUT2D eigenvalue weighted by molar-refractivity contribution is 6.07. The number of hydrogen-bond donors (Lipinski definition) is 2. The minimum atomic E-state index is -0.321. The van der Waals surface area contributed by atoms with E-state index in [-0.39, 0.29) is 11.7 Å². The van der Waals surface area contributed by atoms with Crippen LogP contribution in [-0.4, -0.2) is 17.5 Å². The molecule has 0 bridgehead atoms. The van der Waals surface area contributed by atoms with Crippen LogP contribution in [0.25, 0.3) is 10.9 Å². The molecule has 1 amide bonds. The number of H-pyrrole nitrogens is 1. The lowest BCUT2D eigenvalue weighted by atomic mass is 10.1. The van der Waals surface area contributed by atoms with Gasteiger partial charge >= 0.3 is 0 Å². The molecule has 0 atom stereocenters. The third-order valence-corrected chi connectivity index (χ3v) is 3.67. The number of fused-ring (bicyclic) bond motifs is 1. The first kappa shape index (κ1) is 15.1. The van der Waals surface area contributed by atoms with Crippen molar-refractivity contribution in [1.29, 1.82) is 0 Å². The van der Waals surface area contributed by atoms with E-state index < -0.39 is 0 Å². The van der Waals surface area contributed by atoms with Crippen molar-refractivity contribution in [3.8, 4) is 5.75 Å². The lowest BCUT2D eigenvalue weighted by Crippen LogP contribution is -2.13. The fourth-order valence-corrected chi connectivity index (χ4v) is 2.52. The fourth-order valence-electron chi connectivity index (χ4n) is 2.52. The Balaban J connectivity index is 1.84. The first-order chi connectivity index (χ1) is 11.1. The molecule has 5 heteroatoms. The Morgan fingerprint density at radius 2 is 1.96 bits per heavy atom. The number of nitrogens with one attached hydrogen (secondary N) is 2. The summed E-state index contributed by atoms with van der Waals surface area (Å²) < 4.78 is 18.7. The van der Waals surface area contributed by atoms with Gasteiger partial charge in [0.05, 0.1) is 6.61 Å². The maximum absolute atomic E-state index is 13.3. The predicted octanol–water partition coefficient (Wildman–Crippen LogP) is 4.27. The molecule has 2 aromatic carbocycles. The Hall–Kier alpha value is -2.82. The fraction of sp³-hybridized carbons (Fsp3) is 0.167. The Kier molecular flexibility index (Phi) is 4.02. The van der Waals surface area contributed by atoms with E-state index in [4.69, 9.17) is 4.74 Å². The molecule has 0 aliphatic rings. The van der Waals surface area contributed by atoms with Gasteiger partial charge in [0.15, 0.2) is 0 Å². The Morgan fingerprint density at radius 1 is 1.22 bits per heavy atom. The lowest BCUT2D eigenvalue weighted by molar-refractivity contribution is 0.102. The number of aryl methyl sites for hydroxylation is 1. The van der Waals surface area contributed by atoms with Crippen molar-refractivity contribution in [3.05, 3.63) is 59.5 Å². The highest BCUT2D eigenvalue weighted by Gasteiger charge is 2.15. The molecule has 0 fully saturated rings. The van der Waals surface area contributed by atoms with Crippen LogP contribution in [0, 0.1) is 12.7 Å². The molecule has 0 radical (unpaired) electrons. The van der Waals surface area contributed by atoms with E-state index in [1.165, 1.54) is 12.1 Å². The molecule has 0 saturated carbocycles. The van der Waals surface area contributed by atoms with Gasteiger partial charge in [-0.2, -0.15) is 0 Å². The second kappa shape index (κ2) is 6.12. The van der Waals surface area contributed by atoms with Gasteiger partial charge in [-0.1, -0.05) is 0 Å². The SMILES string of the molecule is CCOc1ccc(NC(=O)c2[nH]c3ccc(F)cc3c2C)cc1. The van der Waals surface area contributed by atoms with E-state index in [1.807, 2.05) is 6.92 Å². The maximum Gasteiger partial charge on any atom is 0.272 e. The first-order valence-corrected chi connectivity index (χ1v) is 7.40. The Bertz CT molecular complexity index is 853. The Labute approximate surface area is 133 Å². The van der Waals surface area contributed by atoms with Gasteiger partial charge in [0, 0.05) is 16.6 Å². The molecule has 0 saturated heterocycles. The van der Waals surface area contributed by atoms with Gasteiger partial charge < -0.3 is 15.0 Å². The van der Waals surface area contributed by atoms with Gasteiger partial charge in [0.25, 0.3) is 5.91 Å². The van der Waals surface area contributed by atoms with Crippen molar-refractivity contribution in [2.24, 2.45) is 0 Å². The van der Waals surface area contributed by atoms with Crippen molar-refractivity contribution >= 4 is 22.5 Å². The molecule has 0 aliphatic heterocycles. The third kappa shape index (κ3) is 3.04. The van der Waals surface area contributed by atoms with Crippen LogP contribution in [-0.2, 0) is 0 Å². The van der Waals surface area contributed by atoms with Crippen molar-refractivity contribution in [1.82, 2.24) is 4.98 Å². The molecule has 0 spiro atoms. The third-order valence-electron chi connectivity index (χ3n) is 3.67. The molecule has 4 nitrogen and oxygen atoms in total. The lowest BCUT2D eigenvalue weighted by Gasteiger charge is -2.07. The number of rotatable bonds is 4. The second-order valence-corrected chi connectivity index (χ2v) is 5.23. The minimum Gasteiger partial charge on any atom is -0.494 e. The van der Waals surface area contributed by atoms with Crippen molar-refractivity contribution in [2.75, 3.05) is 11.9 Å². The smallest absolute Gasteiger partial charge is 0.272 e. The van der Waals surface area contributed by atoms with Crippen LogP contribution in [0.4, 0.5) is 10.1 Å². The Morgan fingerprint density at radius 3 is 2.65 bits per heavy atom. The molecule has 23 heavy (non-hydrogen) atoms. The summed E-state index contributed by atoms with van der Waals surface area (Å²) in [6, 6.07) is 11.6. The monoisotopic (exact) mass is 312 g/mol. The molecule has 2 N–H and O–H groups in total. The molecule has 0 aliphatic carbocycles. The van der Waals surface area contributed by atoms with Gasteiger partial charge in [0.1, 0.15) is 17.3 Å². The number of aromatic amines is 1. The van der Waals surface area contributed by atoms with Crippen LogP contribution in [0.1, 0.15) is 23.0 Å². The molecule has 0 unspecified atom stereocenters. The summed E-state index contributed by atoms with van der Waals surface area (Å²) in [4.78, 5) is 15.5. The molecular formula is C18H17FN2O2. The summed E-state index contributed by atoms with van der Waals surface area (Å²) in [6.45, 7) is 4.30. The van der Waals surface area contributed by atoms with Gasteiger partial charge in [-0.3, -0.25) is 4.79 Å². The van der Waals surface area contributed by atoms with E-state index >= 15 is 0 Å². The maximum atomic E-state index is 13.3. The van der Waals surface area contributed by atoms with E-state index in [0.717, 1.165) is 16.8 Å². The van der Waals surface area contributed by atoms with Crippen molar-refractivity contribution in [2.45, 2.75) is 13.8 Å². The van der Waals surface area contributed by atoms with E-state index in [9.17, 15) is 9.18 Å². The number of benzene rings is 2. The zero-order chi connectivity index (χ0) is 16.4. The number of halogens is 1. The largest absolute Gasteiger partial charge is 0.494 e. The van der Waals surface area contributed by atoms with E-state index in [2.05, 4.69) is 10.3 Å². The molecule has 3 rings (SSSR count). The number of anilines is 1. The molecule has 3 aromatic rings. The molecule has 1 heterocycles. The highest BCUT2D eigenvalue weighted by atomic mass is 19.1. The molecule has 118 valence electrons. The summed E-state index contributed by atoms with van der Waals surface area (Å²) in [6.07, 6.45) is 0. The number of carbonyl (C=O) groups is 1. The van der Waals surface area contributed by atoms with E-state index in [0.29, 0.717) is 23.4 Å². The van der Waals surface area contributed by atoms with Gasteiger partial charge in [-0.25, -0.2) is 4.39 Å². The number of carbonyl (C=O) groups excluding carboxylic acids is 1. The number of amides is 1. The average molecular weight is 312 g/mol. The van der Waals surface area contributed by atoms with Crippen molar-refractivity contribution in [3.63, 3.8) is 0 Å². The molecular weight excluding hydrogens is 295 g/mol. The summed E-state index contributed by atoms with van der Waals surface area (Å²) in [5.41, 5.74) is 2.56. The summed E-state index contributed by atoms with van der Waals surface area (Å²) in [5, 5.41) is 3.53. The quantitative estimate of drug-likeness (QED) is 0.756. The minimum absolute atomic E-state index is 0.261. The standard InChI is InChI=1S/C18H17FN2O2/c1-3-23-14-7-5-13(6-8-14)20-18(22)17-11(2)15-10-12(19)4-9-16(15)21-17/h4-10,21H,3H2,1-2H3,(H,20,22). The van der Waals surface area contributed by atoms with E-state index in [1.54, 1.807) is 37.3 Å². The van der Waals surface area contributed by atoms with Crippen LogP contribution < -0.4 is 10.1 Å². The summed E-state index contributed by atoms with van der Waals surface area (Å²) in [7, 11) is 0. The first-order valence-electron chi connectivity index (χ1n) is 7.40. The number of hydrogen-bond acceptors (Lipinski definition) is 2. The predicted molar refractivity (Wildman–Crippen MR) is 88.6 cm³/mol. The van der Waals surface area contributed by atoms with Crippen molar-refractivity contribution < 1.29 is 13.9 Å². The summed E-state index contributed by atoms with van der Waals surface area (Å²) in [5.74, 6) is 0.170. The van der Waals surface area contributed by atoms with Crippen LogP contribution in [0.3, 0.4) is 0 Å². The van der Waals surface area contributed by atoms with Crippen LogP contribution >= 0.6 is 0 Å². The van der Waals surface area contributed by atoms with Crippen LogP contribution in [0.2, 0.25) is 0 Å². The van der Waals surface area contributed by atoms with Crippen LogP contribution in [0.5, 0.6) is 5.75 Å². The molecule has 1 aromatic heterocycles.